The standard InChI is InChI=1S/C25H24Cl2N6O4.C3H6/c1-13-5-4-6-15(30-12-35)22(13)32-25-29-11-14-9-16(31-24(23(14)33-25)28-7-8-34)19-20(26)17(36-2)10-18(37-3)21(19)27;1-3-2/h4-6,9-12,34H,7-8H2,1-3H3,(H,28,31)(H,30,35)(H,29,32,33);3H,1H2,2H3. The monoisotopic (exact) mass is 584 g/mol. The molecule has 210 valence electrons. The van der Waals surface area contributed by atoms with Gasteiger partial charge in [-0.2, -0.15) is 0 Å². The van der Waals surface area contributed by atoms with E-state index in [9.17, 15) is 9.90 Å². The SMILES string of the molecule is C=CC.COc1cc(OC)c(Cl)c(-c2cc3cnc(Nc4c(C)cccc4NC=O)nc3c(NCCO)n2)c1Cl. The Morgan fingerprint density at radius 2 is 1.77 bits per heavy atom. The van der Waals surface area contributed by atoms with Gasteiger partial charge in [0.15, 0.2) is 5.82 Å². The quantitative estimate of drug-likeness (QED) is 0.126. The van der Waals surface area contributed by atoms with Gasteiger partial charge in [0.1, 0.15) is 17.0 Å². The van der Waals surface area contributed by atoms with Crippen molar-refractivity contribution in [1.82, 2.24) is 15.0 Å². The van der Waals surface area contributed by atoms with E-state index in [0.29, 0.717) is 57.3 Å². The molecule has 2 aromatic heterocycles. The van der Waals surface area contributed by atoms with Crippen LogP contribution in [0, 0.1) is 6.92 Å². The number of carbonyl (C=O) groups excluding carboxylic acids is 1. The van der Waals surface area contributed by atoms with Crippen LogP contribution in [0.1, 0.15) is 12.5 Å². The number of aryl methyl sites for hydroxylation is 1. The second kappa shape index (κ2) is 14.3. The summed E-state index contributed by atoms with van der Waals surface area (Å²) in [5.74, 6) is 1.42. The molecule has 4 N–H and O–H groups in total. The van der Waals surface area contributed by atoms with Crippen LogP contribution in [0.15, 0.2) is 49.2 Å². The van der Waals surface area contributed by atoms with Crippen molar-refractivity contribution >= 4 is 63.7 Å². The maximum Gasteiger partial charge on any atom is 0.227 e. The van der Waals surface area contributed by atoms with Crippen molar-refractivity contribution in [3.8, 4) is 22.8 Å². The second-order valence-electron chi connectivity index (χ2n) is 8.21. The van der Waals surface area contributed by atoms with Crippen molar-refractivity contribution in [1.29, 1.82) is 0 Å². The number of nitrogens with zero attached hydrogens (tertiary/aromatic N) is 3. The number of ether oxygens (including phenoxy) is 2. The highest BCUT2D eigenvalue weighted by Crippen LogP contribution is 2.46. The van der Waals surface area contributed by atoms with Gasteiger partial charge in [-0.1, -0.05) is 41.4 Å². The number of pyridine rings is 1. The molecule has 10 nitrogen and oxygen atoms in total. The molecular weight excluding hydrogens is 555 g/mol. The first kappa shape index (κ1) is 30.4. The van der Waals surface area contributed by atoms with Crippen molar-refractivity contribution < 1.29 is 19.4 Å². The van der Waals surface area contributed by atoms with Crippen LogP contribution in [-0.4, -0.2) is 53.8 Å². The summed E-state index contributed by atoms with van der Waals surface area (Å²) in [4.78, 5) is 24.9. The van der Waals surface area contributed by atoms with Gasteiger partial charge in [0.2, 0.25) is 12.4 Å². The zero-order valence-corrected chi connectivity index (χ0v) is 24.0. The lowest BCUT2D eigenvalue weighted by atomic mass is 10.1. The number of allylic oxidation sites excluding steroid dienone is 1. The normalized spacial score (nSPS) is 10.3. The summed E-state index contributed by atoms with van der Waals surface area (Å²) in [6, 6.07) is 8.85. The van der Waals surface area contributed by atoms with Gasteiger partial charge in [-0.05, 0) is 31.5 Å². The number of benzene rings is 2. The van der Waals surface area contributed by atoms with Gasteiger partial charge < -0.3 is 30.5 Å². The predicted molar refractivity (Wildman–Crippen MR) is 161 cm³/mol. The molecule has 0 saturated carbocycles. The average Bonchev–Trinajstić information content (AvgIpc) is 2.94. The number of aromatic nitrogens is 3. The van der Waals surface area contributed by atoms with Crippen molar-refractivity contribution in [3.63, 3.8) is 0 Å². The summed E-state index contributed by atoms with van der Waals surface area (Å²) < 4.78 is 10.8. The van der Waals surface area contributed by atoms with E-state index >= 15 is 0 Å². The fourth-order valence-electron chi connectivity index (χ4n) is 3.77. The number of hydrogen-bond acceptors (Lipinski definition) is 9. The summed E-state index contributed by atoms with van der Waals surface area (Å²) in [5, 5.41) is 19.5. The summed E-state index contributed by atoms with van der Waals surface area (Å²) in [6.45, 7) is 7.26. The molecule has 0 bridgehead atoms. The van der Waals surface area contributed by atoms with E-state index < -0.39 is 0 Å². The number of aliphatic hydroxyl groups excluding tert-OH is 1. The van der Waals surface area contributed by atoms with Gasteiger partial charge in [-0.25, -0.2) is 15.0 Å². The van der Waals surface area contributed by atoms with Crippen molar-refractivity contribution in [2.45, 2.75) is 13.8 Å². The molecule has 0 atom stereocenters. The Balaban J connectivity index is 0.00000141. The number of amides is 1. The molecule has 12 heteroatoms. The number of rotatable bonds is 10. The van der Waals surface area contributed by atoms with E-state index in [1.807, 2.05) is 26.0 Å². The molecular formula is C28H30Cl2N6O4. The lowest BCUT2D eigenvalue weighted by Crippen LogP contribution is -2.10. The van der Waals surface area contributed by atoms with Crippen LogP contribution in [-0.2, 0) is 4.79 Å². The summed E-state index contributed by atoms with van der Waals surface area (Å²) >= 11 is 13.2. The van der Waals surface area contributed by atoms with Crippen LogP contribution >= 0.6 is 23.2 Å². The Morgan fingerprint density at radius 1 is 1.10 bits per heavy atom. The third-order valence-electron chi connectivity index (χ3n) is 5.52. The highest BCUT2D eigenvalue weighted by Gasteiger charge is 2.22. The molecule has 4 aromatic rings. The van der Waals surface area contributed by atoms with Gasteiger partial charge >= 0.3 is 0 Å². The number of nitrogens with one attached hydrogen (secondary N) is 3. The largest absolute Gasteiger partial charge is 0.495 e. The van der Waals surface area contributed by atoms with Crippen molar-refractivity contribution in [3.05, 3.63) is 64.8 Å². The van der Waals surface area contributed by atoms with Gasteiger partial charge in [0.05, 0.1) is 47.9 Å². The number of aliphatic hydroxyl groups is 1. The van der Waals surface area contributed by atoms with Crippen molar-refractivity contribution in [2.24, 2.45) is 0 Å². The molecule has 0 saturated heterocycles. The Morgan fingerprint density at radius 3 is 2.38 bits per heavy atom. The molecule has 0 spiro atoms. The molecule has 0 aliphatic heterocycles. The number of fused-ring (bicyclic) bond motifs is 1. The third-order valence-corrected chi connectivity index (χ3v) is 6.27. The van der Waals surface area contributed by atoms with E-state index in [4.69, 9.17) is 37.7 Å². The molecule has 2 aromatic carbocycles. The maximum absolute atomic E-state index is 11.0. The number of hydrogen-bond donors (Lipinski definition) is 4. The number of methoxy groups -OCH3 is 2. The van der Waals surface area contributed by atoms with Gasteiger partial charge in [-0.15, -0.1) is 6.58 Å². The van der Waals surface area contributed by atoms with Crippen LogP contribution in [0.2, 0.25) is 10.0 Å². The Kier molecular flexibility index (Phi) is 10.9. The minimum atomic E-state index is -0.123. The Bertz CT molecular complexity index is 1490. The van der Waals surface area contributed by atoms with Gasteiger partial charge in [-0.3, -0.25) is 4.79 Å². The second-order valence-corrected chi connectivity index (χ2v) is 8.97. The first-order valence-electron chi connectivity index (χ1n) is 12.1. The number of carbonyl (C=O) groups is 1. The van der Waals surface area contributed by atoms with Crippen LogP contribution in [0.4, 0.5) is 23.1 Å². The molecule has 4 rings (SSSR count). The number of para-hydroxylation sites is 1. The van der Waals surface area contributed by atoms with Crippen LogP contribution in [0.5, 0.6) is 11.5 Å². The van der Waals surface area contributed by atoms with E-state index in [1.165, 1.54) is 14.2 Å². The first-order chi connectivity index (χ1) is 19.3. The minimum absolute atomic E-state index is 0.123. The predicted octanol–water partition coefficient (Wildman–Crippen LogP) is 6.23. The minimum Gasteiger partial charge on any atom is -0.495 e. The van der Waals surface area contributed by atoms with Crippen LogP contribution < -0.4 is 25.4 Å². The smallest absolute Gasteiger partial charge is 0.227 e. The Hall–Kier alpha value is -4.12. The number of anilines is 4. The van der Waals surface area contributed by atoms with E-state index in [1.54, 1.807) is 30.5 Å². The highest BCUT2D eigenvalue weighted by molar-refractivity contribution is 6.41. The van der Waals surface area contributed by atoms with Crippen LogP contribution in [0.3, 0.4) is 0 Å². The fraction of sp³-hybridized carbons (Fsp3) is 0.214. The van der Waals surface area contributed by atoms with Gasteiger partial charge in [0, 0.05) is 29.8 Å². The Labute approximate surface area is 242 Å². The third kappa shape index (κ3) is 6.71. The molecule has 0 radical (unpaired) electrons. The molecule has 0 fully saturated rings. The molecule has 0 aliphatic carbocycles. The maximum atomic E-state index is 11.0. The molecule has 0 unspecified atom stereocenters. The summed E-state index contributed by atoms with van der Waals surface area (Å²) in [7, 11) is 2.99. The first-order valence-corrected chi connectivity index (χ1v) is 12.9. The molecule has 0 aliphatic rings. The topological polar surface area (TPSA) is 131 Å². The summed E-state index contributed by atoms with van der Waals surface area (Å²) in [6.07, 6.45) is 3.98. The lowest BCUT2D eigenvalue weighted by Gasteiger charge is -2.17. The van der Waals surface area contributed by atoms with Gasteiger partial charge in [0.25, 0.3) is 0 Å². The molecule has 2 heterocycles. The summed E-state index contributed by atoms with van der Waals surface area (Å²) in [5.41, 5.74) is 3.47. The van der Waals surface area contributed by atoms with E-state index in [0.717, 1.165) is 5.56 Å². The lowest BCUT2D eigenvalue weighted by molar-refractivity contribution is -0.105. The zero-order valence-electron chi connectivity index (χ0n) is 22.5. The van der Waals surface area contributed by atoms with Crippen LogP contribution in [0.25, 0.3) is 22.2 Å². The zero-order chi connectivity index (χ0) is 29.2. The molecule has 1 amide bonds. The number of halogens is 2. The van der Waals surface area contributed by atoms with E-state index in [-0.39, 0.29) is 29.1 Å². The molecule has 40 heavy (non-hydrogen) atoms. The van der Waals surface area contributed by atoms with E-state index in [2.05, 4.69) is 32.5 Å². The average molecular weight is 585 g/mol. The highest BCUT2D eigenvalue weighted by atomic mass is 35.5. The fourth-order valence-corrected chi connectivity index (χ4v) is 4.46. The van der Waals surface area contributed by atoms with Crippen molar-refractivity contribution in [2.75, 3.05) is 43.3 Å².